The number of carbonyl (C=O) groups is 2. The number of hydrogen-bond acceptors (Lipinski definition) is 3. The summed E-state index contributed by atoms with van der Waals surface area (Å²) < 4.78 is 17.7. The highest BCUT2D eigenvalue weighted by molar-refractivity contribution is 5.93. The van der Waals surface area contributed by atoms with E-state index in [0.717, 1.165) is 11.1 Å². The third kappa shape index (κ3) is 5.21. The molecule has 0 unspecified atom stereocenters. The van der Waals surface area contributed by atoms with Gasteiger partial charge in [0, 0.05) is 5.69 Å². The largest absolute Gasteiger partial charge is 0.455 e. The topological polar surface area (TPSA) is 55.4 Å². The summed E-state index contributed by atoms with van der Waals surface area (Å²) in [5.41, 5.74) is 3.29. The van der Waals surface area contributed by atoms with Gasteiger partial charge in [-0.15, -0.1) is 0 Å². The summed E-state index contributed by atoms with van der Waals surface area (Å²) in [6.07, 6.45) is -0.00294. The first-order valence-corrected chi connectivity index (χ1v) is 7.21. The summed E-state index contributed by atoms with van der Waals surface area (Å²) in [5.74, 6) is -1.30. The Balaban J connectivity index is 1.83. The number of benzene rings is 2. The van der Waals surface area contributed by atoms with Crippen LogP contribution in [0.4, 0.5) is 10.1 Å². The molecule has 120 valence electrons. The van der Waals surface area contributed by atoms with Gasteiger partial charge in [0.15, 0.2) is 6.61 Å². The van der Waals surface area contributed by atoms with Crippen LogP contribution in [-0.2, 0) is 20.7 Å². The molecule has 0 atom stereocenters. The van der Waals surface area contributed by atoms with E-state index >= 15 is 0 Å². The molecule has 0 heterocycles. The molecule has 0 saturated heterocycles. The SMILES string of the molecule is Cc1ccc(C)c(NC(=O)COC(=O)Cc2ccc(F)cc2)c1. The third-order valence-electron chi connectivity index (χ3n) is 3.29. The van der Waals surface area contributed by atoms with E-state index < -0.39 is 11.9 Å². The number of rotatable bonds is 5. The fraction of sp³-hybridized carbons (Fsp3) is 0.222. The number of anilines is 1. The average molecular weight is 315 g/mol. The lowest BCUT2D eigenvalue weighted by Gasteiger charge is -2.10. The van der Waals surface area contributed by atoms with Crippen molar-refractivity contribution in [2.45, 2.75) is 20.3 Å². The first kappa shape index (κ1) is 16.7. The van der Waals surface area contributed by atoms with E-state index in [1.54, 1.807) is 0 Å². The summed E-state index contributed by atoms with van der Waals surface area (Å²) in [6, 6.07) is 11.3. The molecule has 0 bridgehead atoms. The number of halogens is 1. The monoisotopic (exact) mass is 315 g/mol. The van der Waals surface area contributed by atoms with Gasteiger partial charge in [-0.2, -0.15) is 0 Å². The van der Waals surface area contributed by atoms with Crippen molar-refractivity contribution in [1.29, 1.82) is 0 Å². The second-order valence-electron chi connectivity index (χ2n) is 5.33. The minimum absolute atomic E-state index is 0.00294. The Hall–Kier alpha value is -2.69. The van der Waals surface area contributed by atoms with Crippen molar-refractivity contribution in [3.05, 3.63) is 65.0 Å². The van der Waals surface area contributed by atoms with Gasteiger partial charge >= 0.3 is 5.97 Å². The van der Waals surface area contributed by atoms with Gasteiger partial charge in [0.2, 0.25) is 0 Å². The van der Waals surface area contributed by atoms with Crippen molar-refractivity contribution < 1.29 is 18.7 Å². The summed E-state index contributed by atoms with van der Waals surface area (Å²) in [6.45, 7) is 3.46. The zero-order valence-electron chi connectivity index (χ0n) is 13.1. The number of aryl methyl sites for hydroxylation is 2. The number of hydrogen-bond donors (Lipinski definition) is 1. The fourth-order valence-corrected chi connectivity index (χ4v) is 2.02. The highest BCUT2D eigenvalue weighted by atomic mass is 19.1. The molecule has 0 spiro atoms. The summed E-state index contributed by atoms with van der Waals surface area (Å²) in [7, 11) is 0. The molecule has 0 aliphatic carbocycles. The molecule has 23 heavy (non-hydrogen) atoms. The van der Waals surface area contributed by atoms with E-state index in [2.05, 4.69) is 5.32 Å². The van der Waals surface area contributed by atoms with Gasteiger partial charge in [-0.1, -0.05) is 24.3 Å². The van der Waals surface area contributed by atoms with Crippen molar-refractivity contribution in [3.63, 3.8) is 0 Å². The van der Waals surface area contributed by atoms with E-state index in [1.165, 1.54) is 24.3 Å². The Bertz CT molecular complexity index is 711. The van der Waals surface area contributed by atoms with Gasteiger partial charge in [0.05, 0.1) is 6.42 Å². The molecule has 0 aromatic heterocycles. The zero-order chi connectivity index (χ0) is 16.8. The first-order valence-electron chi connectivity index (χ1n) is 7.21. The highest BCUT2D eigenvalue weighted by Gasteiger charge is 2.10. The predicted octanol–water partition coefficient (Wildman–Crippen LogP) is 3.17. The van der Waals surface area contributed by atoms with Crippen LogP contribution in [0.2, 0.25) is 0 Å². The lowest BCUT2D eigenvalue weighted by Crippen LogP contribution is -2.22. The van der Waals surface area contributed by atoms with Gasteiger partial charge in [-0.3, -0.25) is 9.59 Å². The third-order valence-corrected chi connectivity index (χ3v) is 3.29. The smallest absolute Gasteiger partial charge is 0.310 e. The van der Waals surface area contributed by atoms with Crippen LogP contribution in [0.5, 0.6) is 0 Å². The van der Waals surface area contributed by atoms with Crippen molar-refractivity contribution in [3.8, 4) is 0 Å². The van der Waals surface area contributed by atoms with Crippen LogP contribution in [0.15, 0.2) is 42.5 Å². The van der Waals surface area contributed by atoms with Crippen LogP contribution in [0, 0.1) is 19.7 Å². The normalized spacial score (nSPS) is 10.2. The minimum atomic E-state index is -0.535. The van der Waals surface area contributed by atoms with E-state index in [9.17, 15) is 14.0 Å². The maximum atomic E-state index is 12.8. The second-order valence-corrected chi connectivity index (χ2v) is 5.33. The Morgan fingerprint density at radius 2 is 1.78 bits per heavy atom. The maximum Gasteiger partial charge on any atom is 0.310 e. The summed E-state index contributed by atoms with van der Waals surface area (Å²) in [4.78, 5) is 23.5. The molecule has 1 N–H and O–H groups in total. The molecule has 0 aliphatic rings. The molecule has 0 saturated carbocycles. The lowest BCUT2D eigenvalue weighted by molar-refractivity contribution is -0.146. The molecule has 2 aromatic carbocycles. The van der Waals surface area contributed by atoms with Crippen LogP contribution in [0.3, 0.4) is 0 Å². The number of ether oxygens (including phenoxy) is 1. The summed E-state index contributed by atoms with van der Waals surface area (Å²) in [5, 5.41) is 2.71. The van der Waals surface area contributed by atoms with Crippen LogP contribution < -0.4 is 5.32 Å². The Morgan fingerprint density at radius 3 is 2.48 bits per heavy atom. The molecule has 1 amide bonds. The van der Waals surface area contributed by atoms with Gasteiger partial charge in [-0.25, -0.2) is 4.39 Å². The quantitative estimate of drug-likeness (QED) is 0.862. The predicted molar refractivity (Wildman–Crippen MR) is 85.6 cm³/mol. The molecule has 2 rings (SSSR count). The van der Waals surface area contributed by atoms with Gasteiger partial charge in [0.1, 0.15) is 5.82 Å². The van der Waals surface area contributed by atoms with Gasteiger partial charge in [0.25, 0.3) is 5.91 Å². The molecule has 5 heteroatoms. The maximum absolute atomic E-state index is 12.8. The van der Waals surface area contributed by atoms with Crippen molar-refractivity contribution in [2.75, 3.05) is 11.9 Å². The standard InChI is InChI=1S/C18H18FNO3/c1-12-3-4-13(2)16(9-12)20-17(21)11-23-18(22)10-14-5-7-15(19)8-6-14/h3-9H,10-11H2,1-2H3,(H,20,21). The van der Waals surface area contributed by atoms with Gasteiger partial charge < -0.3 is 10.1 Å². The summed E-state index contributed by atoms with van der Waals surface area (Å²) >= 11 is 0. The molecule has 4 nitrogen and oxygen atoms in total. The van der Waals surface area contributed by atoms with Crippen molar-refractivity contribution in [1.82, 2.24) is 0 Å². The van der Waals surface area contributed by atoms with Crippen molar-refractivity contribution >= 4 is 17.6 Å². The van der Waals surface area contributed by atoms with E-state index in [0.29, 0.717) is 11.3 Å². The van der Waals surface area contributed by atoms with Crippen LogP contribution in [-0.4, -0.2) is 18.5 Å². The average Bonchev–Trinajstić information content (AvgIpc) is 2.51. The zero-order valence-corrected chi connectivity index (χ0v) is 13.1. The van der Waals surface area contributed by atoms with Gasteiger partial charge in [-0.05, 0) is 48.7 Å². The van der Waals surface area contributed by atoms with E-state index in [-0.39, 0.29) is 18.8 Å². The lowest BCUT2D eigenvalue weighted by atomic mass is 10.1. The number of carbonyl (C=O) groups excluding carboxylic acids is 2. The molecule has 0 fully saturated rings. The fourth-order valence-electron chi connectivity index (χ4n) is 2.02. The second kappa shape index (κ2) is 7.54. The minimum Gasteiger partial charge on any atom is -0.455 e. The molecule has 0 aliphatic heterocycles. The number of nitrogens with one attached hydrogen (secondary N) is 1. The Labute approximate surface area is 134 Å². The van der Waals surface area contributed by atoms with Crippen LogP contribution in [0.25, 0.3) is 0 Å². The molecular formula is C18H18FNO3. The van der Waals surface area contributed by atoms with Crippen LogP contribution >= 0.6 is 0 Å². The van der Waals surface area contributed by atoms with E-state index in [4.69, 9.17) is 4.74 Å². The Morgan fingerprint density at radius 1 is 1.09 bits per heavy atom. The highest BCUT2D eigenvalue weighted by Crippen LogP contribution is 2.16. The van der Waals surface area contributed by atoms with Crippen LogP contribution in [0.1, 0.15) is 16.7 Å². The molecular weight excluding hydrogens is 297 g/mol. The molecule has 2 aromatic rings. The number of amides is 1. The van der Waals surface area contributed by atoms with E-state index in [1.807, 2.05) is 32.0 Å². The number of esters is 1. The Kier molecular flexibility index (Phi) is 5.46. The first-order chi connectivity index (χ1) is 10.9. The molecule has 0 radical (unpaired) electrons. The van der Waals surface area contributed by atoms with Crippen molar-refractivity contribution in [2.24, 2.45) is 0 Å².